The number of methoxy groups -OCH3 is 2. The molecule has 5 nitrogen and oxygen atoms in total. The topological polar surface area (TPSA) is 56.8 Å². The number of fused-ring (bicyclic) bond motifs is 1. The summed E-state index contributed by atoms with van der Waals surface area (Å²) in [5.74, 6) is 1.41. The van der Waals surface area contributed by atoms with Gasteiger partial charge >= 0.3 is 0 Å². The van der Waals surface area contributed by atoms with Gasteiger partial charge < -0.3 is 19.5 Å². The van der Waals surface area contributed by atoms with E-state index in [-0.39, 0.29) is 5.91 Å². The Labute approximate surface area is 139 Å². The van der Waals surface area contributed by atoms with Gasteiger partial charge in [-0.15, -0.1) is 0 Å². The molecule has 120 valence electrons. The first-order valence-corrected chi connectivity index (χ1v) is 7.48. The Morgan fingerprint density at radius 3 is 2.78 bits per heavy atom. The molecule has 0 spiro atoms. The molecule has 1 N–H and O–H groups in total. The number of hydrogen-bond donors (Lipinski definition) is 1. The fourth-order valence-corrected chi connectivity index (χ4v) is 2.80. The summed E-state index contributed by atoms with van der Waals surface area (Å²) in [6.45, 7) is 0.679. The summed E-state index contributed by atoms with van der Waals surface area (Å²) < 4.78 is 15.8. The maximum atomic E-state index is 12.4. The Bertz CT molecular complexity index is 760. The summed E-state index contributed by atoms with van der Waals surface area (Å²) in [6, 6.07) is 8.73. The molecule has 6 heteroatoms. The number of rotatable bonds is 4. The molecule has 1 aliphatic rings. The predicted molar refractivity (Wildman–Crippen MR) is 88.2 cm³/mol. The third kappa shape index (κ3) is 3.05. The lowest BCUT2D eigenvalue weighted by atomic mass is 10.1. The van der Waals surface area contributed by atoms with E-state index in [0.29, 0.717) is 34.4 Å². The fraction of sp³-hybridized carbons (Fsp3) is 0.235. The Morgan fingerprint density at radius 2 is 2.04 bits per heavy atom. The van der Waals surface area contributed by atoms with Crippen LogP contribution in [0.1, 0.15) is 15.9 Å². The van der Waals surface area contributed by atoms with Crippen molar-refractivity contribution in [1.29, 1.82) is 0 Å². The molecule has 3 rings (SSSR count). The summed E-state index contributed by atoms with van der Waals surface area (Å²) in [7, 11) is 2.99. The van der Waals surface area contributed by atoms with E-state index in [1.807, 2.05) is 18.2 Å². The quantitative estimate of drug-likeness (QED) is 0.929. The van der Waals surface area contributed by atoms with E-state index in [2.05, 4.69) is 5.32 Å². The third-order valence-electron chi connectivity index (χ3n) is 3.64. The number of ether oxygens (including phenoxy) is 3. The zero-order chi connectivity index (χ0) is 16.4. The standard InChI is InChI=1S/C17H16ClNO4/c1-21-15-9-11(8-13(18)16(15)22-2)17(20)19-12-3-4-14-10(7-12)5-6-23-14/h3-4,7-9H,5-6H2,1-2H3,(H,19,20). The fourth-order valence-electron chi connectivity index (χ4n) is 2.52. The van der Waals surface area contributed by atoms with E-state index in [1.165, 1.54) is 14.2 Å². The van der Waals surface area contributed by atoms with Crippen LogP contribution in [0.15, 0.2) is 30.3 Å². The van der Waals surface area contributed by atoms with E-state index >= 15 is 0 Å². The second kappa shape index (κ2) is 6.38. The Hall–Kier alpha value is -2.40. The minimum Gasteiger partial charge on any atom is -0.493 e. The summed E-state index contributed by atoms with van der Waals surface area (Å²) in [5, 5.41) is 3.17. The van der Waals surface area contributed by atoms with Crippen LogP contribution in [0, 0.1) is 0 Å². The molecular weight excluding hydrogens is 318 g/mol. The highest BCUT2D eigenvalue weighted by Crippen LogP contribution is 2.36. The number of carbonyl (C=O) groups excluding carboxylic acids is 1. The first-order chi connectivity index (χ1) is 11.1. The first-order valence-electron chi connectivity index (χ1n) is 7.11. The molecule has 0 atom stereocenters. The summed E-state index contributed by atoms with van der Waals surface area (Å²) in [6.07, 6.45) is 0.848. The van der Waals surface area contributed by atoms with Crippen LogP contribution in [0.3, 0.4) is 0 Å². The summed E-state index contributed by atoms with van der Waals surface area (Å²) in [5.41, 5.74) is 2.20. The van der Waals surface area contributed by atoms with Crippen LogP contribution in [-0.2, 0) is 6.42 Å². The second-order valence-corrected chi connectivity index (χ2v) is 5.48. The molecule has 1 amide bonds. The Balaban J connectivity index is 1.84. The highest BCUT2D eigenvalue weighted by Gasteiger charge is 2.17. The summed E-state index contributed by atoms with van der Waals surface area (Å²) in [4.78, 5) is 12.4. The van der Waals surface area contributed by atoms with Crippen LogP contribution in [0.4, 0.5) is 5.69 Å². The maximum Gasteiger partial charge on any atom is 0.255 e. The molecule has 0 aliphatic carbocycles. The number of anilines is 1. The molecular formula is C17H16ClNO4. The van der Waals surface area contributed by atoms with Crippen molar-refractivity contribution in [1.82, 2.24) is 0 Å². The van der Waals surface area contributed by atoms with Crippen molar-refractivity contribution in [3.8, 4) is 17.2 Å². The lowest BCUT2D eigenvalue weighted by molar-refractivity contribution is 0.102. The normalized spacial score (nSPS) is 12.3. The van der Waals surface area contributed by atoms with Crippen LogP contribution >= 0.6 is 11.6 Å². The van der Waals surface area contributed by atoms with E-state index in [4.69, 9.17) is 25.8 Å². The molecule has 1 heterocycles. The van der Waals surface area contributed by atoms with E-state index in [0.717, 1.165) is 17.7 Å². The largest absolute Gasteiger partial charge is 0.493 e. The van der Waals surface area contributed by atoms with Crippen LogP contribution in [0.2, 0.25) is 5.02 Å². The number of benzene rings is 2. The van der Waals surface area contributed by atoms with Crippen molar-refractivity contribution < 1.29 is 19.0 Å². The van der Waals surface area contributed by atoms with Gasteiger partial charge in [-0.05, 0) is 35.9 Å². The lowest BCUT2D eigenvalue weighted by Gasteiger charge is -2.12. The van der Waals surface area contributed by atoms with Crippen LogP contribution in [-0.4, -0.2) is 26.7 Å². The van der Waals surface area contributed by atoms with Gasteiger partial charge in [0.1, 0.15) is 5.75 Å². The zero-order valence-corrected chi connectivity index (χ0v) is 13.6. The van der Waals surface area contributed by atoms with Crippen LogP contribution in [0.5, 0.6) is 17.2 Å². The van der Waals surface area contributed by atoms with Crippen LogP contribution in [0.25, 0.3) is 0 Å². The molecule has 0 fully saturated rings. The van der Waals surface area contributed by atoms with Crippen molar-refractivity contribution in [3.05, 3.63) is 46.5 Å². The maximum absolute atomic E-state index is 12.4. The molecule has 0 saturated heterocycles. The SMILES string of the molecule is COc1cc(C(=O)Nc2ccc3c(c2)CCO3)cc(Cl)c1OC. The van der Waals surface area contributed by atoms with E-state index < -0.39 is 0 Å². The number of amides is 1. The highest BCUT2D eigenvalue weighted by atomic mass is 35.5. The van der Waals surface area contributed by atoms with Gasteiger partial charge in [-0.25, -0.2) is 0 Å². The Morgan fingerprint density at radius 1 is 1.22 bits per heavy atom. The summed E-state index contributed by atoms with van der Waals surface area (Å²) >= 11 is 6.14. The molecule has 2 aromatic rings. The lowest BCUT2D eigenvalue weighted by Crippen LogP contribution is -2.12. The van der Waals surface area contributed by atoms with Crippen molar-refractivity contribution in [2.75, 3.05) is 26.1 Å². The number of nitrogens with one attached hydrogen (secondary N) is 1. The first kappa shape index (κ1) is 15.5. The third-order valence-corrected chi connectivity index (χ3v) is 3.92. The second-order valence-electron chi connectivity index (χ2n) is 5.07. The predicted octanol–water partition coefficient (Wildman–Crippen LogP) is 3.54. The van der Waals surface area contributed by atoms with E-state index in [9.17, 15) is 4.79 Å². The van der Waals surface area contributed by atoms with Gasteiger partial charge in [0.15, 0.2) is 11.5 Å². The van der Waals surface area contributed by atoms with Crippen LogP contribution < -0.4 is 19.5 Å². The Kier molecular flexibility index (Phi) is 4.30. The number of carbonyl (C=O) groups is 1. The van der Waals surface area contributed by atoms with Crippen molar-refractivity contribution in [3.63, 3.8) is 0 Å². The monoisotopic (exact) mass is 333 g/mol. The molecule has 1 aliphatic heterocycles. The average molecular weight is 334 g/mol. The molecule has 23 heavy (non-hydrogen) atoms. The number of halogens is 1. The van der Waals surface area contributed by atoms with Crippen molar-refractivity contribution in [2.24, 2.45) is 0 Å². The van der Waals surface area contributed by atoms with Gasteiger partial charge in [0.25, 0.3) is 5.91 Å². The van der Waals surface area contributed by atoms with Gasteiger partial charge in [-0.1, -0.05) is 11.6 Å². The smallest absolute Gasteiger partial charge is 0.255 e. The van der Waals surface area contributed by atoms with Gasteiger partial charge in [0, 0.05) is 17.7 Å². The molecule has 0 radical (unpaired) electrons. The minimum atomic E-state index is -0.272. The van der Waals surface area contributed by atoms with E-state index in [1.54, 1.807) is 12.1 Å². The molecule has 0 aromatic heterocycles. The highest BCUT2D eigenvalue weighted by molar-refractivity contribution is 6.32. The molecule has 0 bridgehead atoms. The molecule has 0 unspecified atom stereocenters. The van der Waals surface area contributed by atoms with Gasteiger partial charge in [0.05, 0.1) is 25.8 Å². The zero-order valence-electron chi connectivity index (χ0n) is 12.8. The van der Waals surface area contributed by atoms with Gasteiger partial charge in [-0.3, -0.25) is 4.79 Å². The molecule has 0 saturated carbocycles. The van der Waals surface area contributed by atoms with Crippen molar-refractivity contribution in [2.45, 2.75) is 6.42 Å². The molecule has 2 aromatic carbocycles. The van der Waals surface area contributed by atoms with Crippen molar-refractivity contribution >= 4 is 23.2 Å². The van der Waals surface area contributed by atoms with Gasteiger partial charge in [-0.2, -0.15) is 0 Å². The van der Waals surface area contributed by atoms with Gasteiger partial charge in [0.2, 0.25) is 0 Å². The minimum absolute atomic E-state index is 0.272. The average Bonchev–Trinajstić information content (AvgIpc) is 3.01. The number of hydrogen-bond acceptors (Lipinski definition) is 4.